The number of esters is 1. The van der Waals surface area contributed by atoms with Crippen molar-refractivity contribution >= 4 is 39.3 Å². The quantitative estimate of drug-likeness (QED) is 0.551. The van der Waals surface area contributed by atoms with Crippen molar-refractivity contribution in [2.45, 2.75) is 23.4 Å². The third kappa shape index (κ3) is 3.63. The second kappa shape index (κ2) is 6.89. The van der Waals surface area contributed by atoms with Crippen LogP contribution in [0.2, 0.25) is 0 Å². The minimum atomic E-state index is -0.313. The molecule has 114 valence electrons. The lowest BCUT2D eigenvalue weighted by Gasteiger charge is -1.96. The normalized spacial score (nSPS) is 11.0. The molecule has 0 saturated carbocycles. The highest BCUT2D eigenvalue weighted by atomic mass is 32.2. The molecule has 6 nitrogen and oxygen atoms in total. The van der Waals surface area contributed by atoms with Gasteiger partial charge in [0.25, 0.3) is 0 Å². The van der Waals surface area contributed by atoms with Crippen LogP contribution in [0.4, 0.5) is 0 Å². The Balaban J connectivity index is 1.59. The van der Waals surface area contributed by atoms with Gasteiger partial charge in [0, 0.05) is 0 Å². The summed E-state index contributed by atoms with van der Waals surface area (Å²) in [7, 11) is 0. The highest BCUT2D eigenvalue weighted by Gasteiger charge is 2.11. The summed E-state index contributed by atoms with van der Waals surface area (Å²) in [5, 5.41) is 6.87. The number of nitrogens with zero attached hydrogens (tertiary/aromatic N) is 3. The Hall–Kier alpha value is -1.93. The van der Waals surface area contributed by atoms with Crippen molar-refractivity contribution in [1.82, 2.24) is 20.2 Å². The number of hydrogen-bond acceptors (Lipinski definition) is 7. The summed E-state index contributed by atoms with van der Waals surface area (Å²) < 4.78 is 7.03. The number of rotatable bonds is 6. The van der Waals surface area contributed by atoms with E-state index >= 15 is 0 Å². The molecule has 0 amide bonds. The van der Waals surface area contributed by atoms with Gasteiger partial charge in [-0.3, -0.25) is 9.89 Å². The van der Waals surface area contributed by atoms with E-state index < -0.39 is 0 Å². The van der Waals surface area contributed by atoms with E-state index in [1.165, 1.54) is 4.70 Å². The number of carbonyl (C=O) groups excluding carboxylic acids is 1. The van der Waals surface area contributed by atoms with Gasteiger partial charge in [0.2, 0.25) is 0 Å². The topological polar surface area (TPSA) is 80.8 Å². The number of carbonyl (C=O) groups is 1. The molecule has 0 spiro atoms. The molecule has 22 heavy (non-hydrogen) atoms. The van der Waals surface area contributed by atoms with E-state index in [2.05, 4.69) is 26.2 Å². The number of thiazole rings is 1. The second-order valence-corrected chi connectivity index (χ2v) is 6.67. The zero-order chi connectivity index (χ0) is 15.4. The molecule has 1 N–H and O–H groups in total. The van der Waals surface area contributed by atoms with E-state index in [1.807, 2.05) is 18.2 Å². The molecule has 3 rings (SSSR count). The Labute approximate surface area is 135 Å². The number of aromatic nitrogens is 4. The Bertz CT molecular complexity index is 751. The Morgan fingerprint density at radius 1 is 1.36 bits per heavy atom. The lowest BCUT2D eigenvalue weighted by molar-refractivity contribution is -0.142. The van der Waals surface area contributed by atoms with E-state index in [4.69, 9.17) is 4.74 Å². The van der Waals surface area contributed by atoms with Gasteiger partial charge in [-0.05, 0) is 19.1 Å². The second-order valence-electron chi connectivity index (χ2n) is 4.42. The monoisotopic (exact) mass is 334 g/mol. The fraction of sp³-hybridized carbons (Fsp3) is 0.286. The zero-order valence-electron chi connectivity index (χ0n) is 11.9. The van der Waals surface area contributed by atoms with Crippen LogP contribution in [0.25, 0.3) is 10.2 Å². The van der Waals surface area contributed by atoms with Crippen molar-refractivity contribution in [2.75, 3.05) is 6.61 Å². The average molecular weight is 334 g/mol. The van der Waals surface area contributed by atoms with Gasteiger partial charge >= 0.3 is 5.97 Å². The molecule has 8 heteroatoms. The van der Waals surface area contributed by atoms with Crippen molar-refractivity contribution in [3.63, 3.8) is 0 Å². The van der Waals surface area contributed by atoms with Crippen LogP contribution in [0.1, 0.15) is 18.6 Å². The van der Waals surface area contributed by atoms with Gasteiger partial charge in [0.1, 0.15) is 12.2 Å². The van der Waals surface area contributed by atoms with E-state index in [0.29, 0.717) is 18.2 Å². The summed E-state index contributed by atoms with van der Waals surface area (Å²) in [6.07, 6.45) is 0.0934. The number of benzene rings is 1. The summed E-state index contributed by atoms with van der Waals surface area (Å²) in [5.41, 5.74) is 1.01. The van der Waals surface area contributed by atoms with Crippen molar-refractivity contribution in [2.24, 2.45) is 0 Å². The molecule has 1 aromatic carbocycles. The average Bonchev–Trinajstić information content (AvgIpc) is 3.11. The van der Waals surface area contributed by atoms with Gasteiger partial charge in [0.05, 0.1) is 22.6 Å². The van der Waals surface area contributed by atoms with Gasteiger partial charge in [0.15, 0.2) is 10.2 Å². The molecule has 0 aliphatic carbocycles. The molecule has 0 aliphatic rings. The molecule has 3 aromatic rings. The van der Waals surface area contributed by atoms with Crippen LogP contribution in [-0.2, 0) is 21.7 Å². The van der Waals surface area contributed by atoms with Crippen molar-refractivity contribution in [3.05, 3.63) is 35.9 Å². The van der Waals surface area contributed by atoms with Gasteiger partial charge in [-0.1, -0.05) is 23.9 Å². The molecule has 0 unspecified atom stereocenters. The SMILES string of the molecule is CCOC(=O)Cc1n[nH]c(CSc2nc3ccccc3s2)n1. The molecule has 2 aromatic heterocycles. The molecule has 2 heterocycles. The molecular weight excluding hydrogens is 320 g/mol. The van der Waals surface area contributed by atoms with Crippen LogP contribution in [0.15, 0.2) is 28.6 Å². The Kier molecular flexibility index (Phi) is 4.69. The highest BCUT2D eigenvalue weighted by molar-refractivity contribution is 8.00. The largest absolute Gasteiger partial charge is 0.466 e. The fourth-order valence-electron chi connectivity index (χ4n) is 1.86. The lowest BCUT2D eigenvalue weighted by atomic mass is 10.3. The van der Waals surface area contributed by atoms with Crippen molar-refractivity contribution in [3.8, 4) is 0 Å². The van der Waals surface area contributed by atoms with Crippen LogP contribution >= 0.6 is 23.1 Å². The Morgan fingerprint density at radius 3 is 3.05 bits per heavy atom. The first-order valence-electron chi connectivity index (χ1n) is 6.78. The van der Waals surface area contributed by atoms with Crippen LogP contribution in [0, 0.1) is 0 Å². The number of para-hydroxylation sites is 1. The predicted octanol–water partition coefficient (Wildman–Crippen LogP) is 2.81. The summed E-state index contributed by atoms with van der Waals surface area (Å²) in [6, 6.07) is 8.05. The van der Waals surface area contributed by atoms with E-state index in [1.54, 1.807) is 30.0 Å². The van der Waals surface area contributed by atoms with Crippen LogP contribution in [0.5, 0.6) is 0 Å². The van der Waals surface area contributed by atoms with Crippen LogP contribution in [-0.4, -0.2) is 32.7 Å². The third-order valence-electron chi connectivity index (χ3n) is 2.79. The zero-order valence-corrected chi connectivity index (χ0v) is 13.5. The minimum Gasteiger partial charge on any atom is -0.466 e. The smallest absolute Gasteiger partial charge is 0.313 e. The number of hydrogen-bond donors (Lipinski definition) is 1. The molecule has 0 fully saturated rings. The predicted molar refractivity (Wildman–Crippen MR) is 85.9 cm³/mol. The number of aromatic amines is 1. The van der Waals surface area contributed by atoms with Gasteiger partial charge < -0.3 is 4.74 Å². The van der Waals surface area contributed by atoms with E-state index in [-0.39, 0.29) is 12.4 Å². The molecule has 0 radical (unpaired) electrons. The third-order valence-corrected chi connectivity index (χ3v) is 4.98. The van der Waals surface area contributed by atoms with Gasteiger partial charge in [-0.15, -0.1) is 11.3 Å². The molecule has 0 saturated heterocycles. The number of ether oxygens (including phenoxy) is 1. The summed E-state index contributed by atoms with van der Waals surface area (Å²) in [5.74, 6) is 1.50. The van der Waals surface area contributed by atoms with E-state index in [9.17, 15) is 4.79 Å². The van der Waals surface area contributed by atoms with Crippen molar-refractivity contribution in [1.29, 1.82) is 0 Å². The fourth-order valence-corrected chi connectivity index (χ4v) is 3.79. The maximum Gasteiger partial charge on any atom is 0.313 e. The molecule has 0 aliphatic heterocycles. The number of nitrogens with one attached hydrogen (secondary N) is 1. The highest BCUT2D eigenvalue weighted by Crippen LogP contribution is 2.30. The molecular formula is C14H14N4O2S2. The number of H-pyrrole nitrogens is 1. The first-order valence-corrected chi connectivity index (χ1v) is 8.59. The lowest BCUT2D eigenvalue weighted by Crippen LogP contribution is -2.08. The summed E-state index contributed by atoms with van der Waals surface area (Å²) >= 11 is 3.26. The summed E-state index contributed by atoms with van der Waals surface area (Å²) in [6.45, 7) is 2.14. The standard InChI is InChI=1S/C14H14N4O2S2/c1-2-20-13(19)7-11-16-12(18-17-11)8-21-14-15-9-5-3-4-6-10(9)22-14/h3-6H,2,7-8H2,1H3,(H,16,17,18). The summed E-state index contributed by atoms with van der Waals surface area (Å²) in [4.78, 5) is 20.2. The van der Waals surface area contributed by atoms with Gasteiger partial charge in [-0.2, -0.15) is 5.10 Å². The first kappa shape index (κ1) is 15.0. The van der Waals surface area contributed by atoms with Crippen molar-refractivity contribution < 1.29 is 9.53 Å². The number of thioether (sulfide) groups is 1. The van der Waals surface area contributed by atoms with Crippen LogP contribution < -0.4 is 0 Å². The first-order chi connectivity index (χ1) is 10.7. The number of fused-ring (bicyclic) bond motifs is 1. The molecule has 0 bridgehead atoms. The molecule has 0 atom stereocenters. The van der Waals surface area contributed by atoms with Crippen LogP contribution in [0.3, 0.4) is 0 Å². The minimum absolute atomic E-state index is 0.0934. The Morgan fingerprint density at radius 2 is 2.23 bits per heavy atom. The van der Waals surface area contributed by atoms with E-state index in [0.717, 1.165) is 15.7 Å². The van der Waals surface area contributed by atoms with Gasteiger partial charge in [-0.25, -0.2) is 9.97 Å². The maximum absolute atomic E-state index is 11.4. The maximum atomic E-state index is 11.4.